The molecule has 0 atom stereocenters. The second-order valence-corrected chi connectivity index (χ2v) is 4.30. The van der Waals surface area contributed by atoms with Crippen LogP contribution in [-0.4, -0.2) is 11.1 Å². The Morgan fingerprint density at radius 2 is 1.80 bits per heavy atom. The molecule has 0 fully saturated rings. The summed E-state index contributed by atoms with van der Waals surface area (Å²) < 4.78 is 27.0. The first-order valence-corrected chi connectivity index (χ1v) is 5.74. The van der Waals surface area contributed by atoms with Crippen molar-refractivity contribution < 1.29 is 18.7 Å². The monoisotopic (exact) mass is 278 g/mol. The van der Waals surface area contributed by atoms with E-state index in [2.05, 4.69) is 5.32 Å². The van der Waals surface area contributed by atoms with Gasteiger partial charge >= 0.3 is 5.97 Å². The van der Waals surface area contributed by atoms with E-state index < -0.39 is 28.9 Å². The number of aryl methyl sites for hydroxylation is 1. The minimum atomic E-state index is -1.39. The summed E-state index contributed by atoms with van der Waals surface area (Å²) >= 11 is 0. The molecule has 6 heteroatoms. The fraction of sp³-hybridized carbons (Fsp3) is 0.0714. The van der Waals surface area contributed by atoms with E-state index in [1.807, 2.05) is 0 Å². The Morgan fingerprint density at radius 1 is 1.15 bits per heavy atom. The zero-order valence-electron chi connectivity index (χ0n) is 10.6. The van der Waals surface area contributed by atoms with Crippen LogP contribution in [0.15, 0.2) is 30.3 Å². The molecule has 4 N–H and O–H groups in total. The second-order valence-electron chi connectivity index (χ2n) is 4.30. The highest BCUT2D eigenvalue weighted by Crippen LogP contribution is 2.29. The third-order valence-electron chi connectivity index (χ3n) is 2.80. The van der Waals surface area contributed by atoms with Gasteiger partial charge in [-0.05, 0) is 36.8 Å². The van der Waals surface area contributed by atoms with Crippen molar-refractivity contribution in [3.8, 4) is 0 Å². The number of aromatic carboxylic acids is 1. The maximum absolute atomic E-state index is 13.7. The van der Waals surface area contributed by atoms with E-state index in [4.69, 9.17) is 10.8 Å². The van der Waals surface area contributed by atoms with Crippen molar-refractivity contribution in [2.24, 2.45) is 0 Å². The number of hydrogen-bond acceptors (Lipinski definition) is 3. The molecule has 104 valence electrons. The van der Waals surface area contributed by atoms with Crippen molar-refractivity contribution in [3.05, 3.63) is 53.1 Å². The van der Waals surface area contributed by atoms with Gasteiger partial charge in [-0.1, -0.05) is 6.07 Å². The Hall–Kier alpha value is -2.63. The molecule has 0 aliphatic carbocycles. The topological polar surface area (TPSA) is 75.3 Å². The zero-order valence-corrected chi connectivity index (χ0v) is 10.6. The van der Waals surface area contributed by atoms with Crippen LogP contribution in [0.25, 0.3) is 0 Å². The average molecular weight is 278 g/mol. The van der Waals surface area contributed by atoms with Gasteiger partial charge in [-0.15, -0.1) is 0 Å². The van der Waals surface area contributed by atoms with Crippen molar-refractivity contribution in [2.45, 2.75) is 6.92 Å². The van der Waals surface area contributed by atoms with Crippen molar-refractivity contribution in [3.63, 3.8) is 0 Å². The summed E-state index contributed by atoms with van der Waals surface area (Å²) in [5.41, 5.74) is 5.42. The Morgan fingerprint density at radius 3 is 2.45 bits per heavy atom. The summed E-state index contributed by atoms with van der Waals surface area (Å²) in [6.45, 7) is 1.77. The molecule has 2 aromatic carbocycles. The Bertz CT molecular complexity index is 687. The molecule has 20 heavy (non-hydrogen) atoms. The van der Waals surface area contributed by atoms with E-state index in [-0.39, 0.29) is 11.4 Å². The average Bonchev–Trinajstić information content (AvgIpc) is 2.38. The lowest BCUT2D eigenvalue weighted by Gasteiger charge is -2.13. The van der Waals surface area contributed by atoms with Gasteiger partial charge in [-0.2, -0.15) is 0 Å². The lowest BCUT2D eigenvalue weighted by atomic mass is 10.1. The van der Waals surface area contributed by atoms with Crippen LogP contribution >= 0.6 is 0 Å². The number of nitrogens with one attached hydrogen (secondary N) is 1. The number of nitrogens with two attached hydrogens (primary N) is 1. The first kappa shape index (κ1) is 13.8. The van der Waals surface area contributed by atoms with E-state index in [1.165, 1.54) is 18.2 Å². The molecule has 2 aromatic rings. The molecule has 4 nitrogen and oxygen atoms in total. The molecule has 0 bridgehead atoms. The number of carbonyl (C=O) groups is 1. The molecule has 0 aliphatic rings. The summed E-state index contributed by atoms with van der Waals surface area (Å²) in [6, 6.07) is 6.58. The fourth-order valence-corrected chi connectivity index (χ4v) is 1.81. The molecule has 0 saturated carbocycles. The predicted molar refractivity (Wildman–Crippen MR) is 72.2 cm³/mol. The molecule has 0 amide bonds. The van der Waals surface area contributed by atoms with Gasteiger partial charge in [-0.3, -0.25) is 0 Å². The highest BCUT2D eigenvalue weighted by Gasteiger charge is 2.18. The minimum Gasteiger partial charge on any atom is -0.478 e. The lowest BCUT2D eigenvalue weighted by Crippen LogP contribution is -2.09. The third kappa shape index (κ3) is 2.54. The van der Waals surface area contributed by atoms with Crippen molar-refractivity contribution >= 4 is 23.0 Å². The number of carboxylic acids is 1. The van der Waals surface area contributed by atoms with Gasteiger partial charge in [-0.25, -0.2) is 13.6 Å². The van der Waals surface area contributed by atoms with Gasteiger partial charge in [0.2, 0.25) is 0 Å². The molecule has 0 aromatic heterocycles. The number of nitrogen functional groups attached to an aromatic ring is 1. The van der Waals surface area contributed by atoms with Crippen LogP contribution in [-0.2, 0) is 0 Å². The van der Waals surface area contributed by atoms with Gasteiger partial charge in [0, 0.05) is 0 Å². The van der Waals surface area contributed by atoms with E-state index in [1.54, 1.807) is 13.0 Å². The first-order chi connectivity index (χ1) is 9.40. The number of carboxylic acid groups (broad SMARTS) is 1. The van der Waals surface area contributed by atoms with Gasteiger partial charge in [0.05, 0.1) is 17.1 Å². The molecular formula is C14H12F2N2O2. The van der Waals surface area contributed by atoms with Crippen LogP contribution in [0, 0.1) is 18.6 Å². The molecular weight excluding hydrogens is 266 g/mol. The second kappa shape index (κ2) is 5.16. The number of halogens is 2. The normalized spacial score (nSPS) is 10.3. The molecule has 0 heterocycles. The third-order valence-corrected chi connectivity index (χ3v) is 2.80. The SMILES string of the molecule is Cc1ccc(F)c(Nc2ccc(F)c(N)c2C(=O)O)c1. The molecule has 0 unspecified atom stereocenters. The van der Waals surface area contributed by atoms with Crippen LogP contribution in [0.5, 0.6) is 0 Å². The summed E-state index contributed by atoms with van der Waals surface area (Å²) in [7, 11) is 0. The summed E-state index contributed by atoms with van der Waals surface area (Å²) in [6.07, 6.45) is 0. The van der Waals surface area contributed by atoms with Crippen LogP contribution in [0.3, 0.4) is 0 Å². The highest BCUT2D eigenvalue weighted by molar-refractivity contribution is 6.00. The van der Waals surface area contributed by atoms with Crippen LogP contribution < -0.4 is 11.1 Å². The molecule has 0 radical (unpaired) electrons. The van der Waals surface area contributed by atoms with Crippen molar-refractivity contribution in [2.75, 3.05) is 11.1 Å². The molecule has 0 aliphatic heterocycles. The quantitative estimate of drug-likeness (QED) is 0.753. The van der Waals surface area contributed by atoms with Gasteiger partial charge < -0.3 is 16.2 Å². The predicted octanol–water partition coefficient (Wildman–Crippen LogP) is 3.30. The molecule has 0 saturated heterocycles. The number of benzene rings is 2. The molecule has 0 spiro atoms. The fourth-order valence-electron chi connectivity index (χ4n) is 1.81. The van der Waals surface area contributed by atoms with E-state index in [0.717, 1.165) is 11.6 Å². The van der Waals surface area contributed by atoms with Crippen LogP contribution in [0.4, 0.5) is 25.8 Å². The highest BCUT2D eigenvalue weighted by atomic mass is 19.1. The zero-order chi connectivity index (χ0) is 14.9. The maximum Gasteiger partial charge on any atom is 0.340 e. The van der Waals surface area contributed by atoms with E-state index in [9.17, 15) is 13.6 Å². The summed E-state index contributed by atoms with van der Waals surface area (Å²) in [5, 5.41) is 11.7. The van der Waals surface area contributed by atoms with Crippen LogP contribution in [0.2, 0.25) is 0 Å². The number of hydrogen-bond donors (Lipinski definition) is 3. The summed E-state index contributed by atoms with van der Waals surface area (Å²) in [5.74, 6) is -2.77. The van der Waals surface area contributed by atoms with Crippen molar-refractivity contribution in [1.82, 2.24) is 0 Å². The van der Waals surface area contributed by atoms with E-state index >= 15 is 0 Å². The number of anilines is 3. The molecule has 2 rings (SSSR count). The Balaban J connectivity index is 2.51. The standard InChI is InChI=1S/C14H12F2N2O2/c1-7-2-3-8(15)11(6-7)18-10-5-4-9(16)13(17)12(10)14(19)20/h2-6,18H,17H2,1H3,(H,19,20). The largest absolute Gasteiger partial charge is 0.478 e. The van der Waals surface area contributed by atoms with Crippen LogP contribution in [0.1, 0.15) is 15.9 Å². The van der Waals surface area contributed by atoms with Gasteiger partial charge in [0.15, 0.2) is 0 Å². The van der Waals surface area contributed by atoms with E-state index in [0.29, 0.717) is 0 Å². The lowest BCUT2D eigenvalue weighted by molar-refractivity contribution is 0.0698. The minimum absolute atomic E-state index is 0.0286. The van der Waals surface area contributed by atoms with Gasteiger partial charge in [0.25, 0.3) is 0 Å². The van der Waals surface area contributed by atoms with Crippen molar-refractivity contribution in [1.29, 1.82) is 0 Å². The maximum atomic E-state index is 13.7. The first-order valence-electron chi connectivity index (χ1n) is 5.74. The Kier molecular flexibility index (Phi) is 3.56. The smallest absolute Gasteiger partial charge is 0.340 e. The van der Waals surface area contributed by atoms with Gasteiger partial charge in [0.1, 0.15) is 17.2 Å². The number of rotatable bonds is 3. The Labute approximate surface area is 113 Å². The summed E-state index contributed by atoms with van der Waals surface area (Å²) in [4.78, 5) is 11.2.